The average Bonchev–Trinajstić information content (AvgIpc) is 2.10. The van der Waals surface area contributed by atoms with E-state index in [-0.39, 0.29) is 5.82 Å². The zero-order chi connectivity index (χ0) is 8.48. The van der Waals surface area contributed by atoms with Gasteiger partial charge in [0.05, 0.1) is 6.20 Å². The molecule has 11 heavy (non-hydrogen) atoms. The number of nitrogens with zero attached hydrogens (tertiary/aromatic N) is 3. The first-order chi connectivity index (χ1) is 4.97. The van der Waals surface area contributed by atoms with E-state index in [1.807, 2.05) is 0 Å². The van der Waals surface area contributed by atoms with E-state index < -0.39 is 12.5 Å². The summed E-state index contributed by atoms with van der Waals surface area (Å²) >= 11 is 0. The predicted molar refractivity (Wildman–Crippen MR) is 35.1 cm³/mol. The van der Waals surface area contributed by atoms with Crippen LogP contribution in [0.25, 0.3) is 0 Å². The Morgan fingerprint density at radius 3 is 2.73 bits per heavy atom. The molecule has 6 heteroatoms. The van der Waals surface area contributed by atoms with Crippen molar-refractivity contribution >= 4 is 5.82 Å². The number of anilines is 1. The van der Waals surface area contributed by atoms with Gasteiger partial charge in [-0.3, -0.25) is 0 Å². The lowest BCUT2D eigenvalue weighted by Crippen LogP contribution is -2.19. The highest BCUT2D eigenvalue weighted by molar-refractivity contribution is 5.19. The van der Waals surface area contributed by atoms with Gasteiger partial charge in [0, 0.05) is 6.92 Å². The summed E-state index contributed by atoms with van der Waals surface area (Å²) in [6, 6.07) is 0. The second kappa shape index (κ2) is 2.44. The molecule has 0 aliphatic heterocycles. The highest BCUT2D eigenvalue weighted by Gasteiger charge is 2.22. The van der Waals surface area contributed by atoms with E-state index in [4.69, 9.17) is 5.73 Å². The van der Waals surface area contributed by atoms with Gasteiger partial charge in [-0.05, 0) is 0 Å². The normalized spacial score (nSPS) is 11.9. The maximum atomic E-state index is 12.3. The Labute approximate surface area is 62.0 Å². The van der Waals surface area contributed by atoms with E-state index in [9.17, 15) is 8.78 Å². The van der Waals surface area contributed by atoms with Crippen LogP contribution in [0.3, 0.4) is 0 Å². The molecule has 0 aliphatic rings. The smallest absolute Gasteiger partial charge is 0.264 e. The van der Waals surface area contributed by atoms with Crippen LogP contribution in [0, 0.1) is 0 Å². The lowest BCUT2D eigenvalue weighted by atomic mass is 10.4. The fourth-order valence-corrected chi connectivity index (χ4v) is 0.675. The van der Waals surface area contributed by atoms with Gasteiger partial charge in [-0.25, -0.2) is 13.5 Å². The fourth-order valence-electron chi connectivity index (χ4n) is 0.675. The number of rotatable bonds is 2. The third kappa shape index (κ3) is 2.48. The quantitative estimate of drug-likeness (QED) is 0.689. The minimum atomic E-state index is -2.78. The monoisotopic (exact) mass is 162 g/mol. The van der Waals surface area contributed by atoms with Crippen LogP contribution in [0.4, 0.5) is 14.6 Å². The molecule has 62 valence electrons. The van der Waals surface area contributed by atoms with Crippen molar-refractivity contribution in [2.24, 2.45) is 0 Å². The van der Waals surface area contributed by atoms with Crippen LogP contribution >= 0.6 is 0 Å². The van der Waals surface area contributed by atoms with Crippen LogP contribution in [0.1, 0.15) is 6.92 Å². The molecule has 0 atom stereocenters. The molecule has 1 rings (SSSR count). The Hall–Kier alpha value is -1.20. The summed E-state index contributed by atoms with van der Waals surface area (Å²) in [5, 5.41) is 6.72. The maximum Gasteiger partial charge on any atom is 0.264 e. The lowest BCUT2D eigenvalue weighted by molar-refractivity contribution is 0.000110. The first-order valence-electron chi connectivity index (χ1n) is 3.01. The third-order valence-electron chi connectivity index (χ3n) is 0.996. The van der Waals surface area contributed by atoms with Crippen molar-refractivity contribution in [3.05, 3.63) is 6.20 Å². The molecule has 0 saturated carbocycles. The van der Waals surface area contributed by atoms with Gasteiger partial charge in [0.25, 0.3) is 5.92 Å². The molecule has 0 aliphatic carbocycles. The molecule has 0 bridgehead atoms. The minimum Gasteiger partial charge on any atom is -0.381 e. The van der Waals surface area contributed by atoms with Gasteiger partial charge in [0.15, 0.2) is 5.82 Å². The van der Waals surface area contributed by atoms with Crippen LogP contribution in [0.2, 0.25) is 0 Å². The highest BCUT2D eigenvalue weighted by atomic mass is 19.3. The van der Waals surface area contributed by atoms with Crippen molar-refractivity contribution in [2.45, 2.75) is 19.4 Å². The van der Waals surface area contributed by atoms with Crippen LogP contribution in [-0.4, -0.2) is 20.9 Å². The number of hydrogen-bond donors (Lipinski definition) is 1. The van der Waals surface area contributed by atoms with Crippen LogP contribution in [0.5, 0.6) is 0 Å². The van der Waals surface area contributed by atoms with Crippen LogP contribution in [-0.2, 0) is 6.54 Å². The summed E-state index contributed by atoms with van der Waals surface area (Å²) in [5.41, 5.74) is 5.16. The van der Waals surface area contributed by atoms with E-state index in [1.165, 1.54) is 6.20 Å². The Kier molecular flexibility index (Phi) is 1.76. The highest BCUT2D eigenvalue weighted by Crippen LogP contribution is 2.13. The minimum absolute atomic E-state index is 0.147. The number of alkyl halides is 2. The fraction of sp³-hybridized carbons (Fsp3) is 0.600. The summed E-state index contributed by atoms with van der Waals surface area (Å²) in [5.74, 6) is -2.63. The van der Waals surface area contributed by atoms with Gasteiger partial charge in [-0.2, -0.15) is 0 Å². The number of nitrogens with two attached hydrogens (primary N) is 1. The van der Waals surface area contributed by atoms with Gasteiger partial charge in [0.2, 0.25) is 0 Å². The number of nitrogen functional groups attached to an aromatic ring is 1. The SMILES string of the molecule is CC(F)(F)Cn1cc(N)nn1. The molecular weight excluding hydrogens is 154 g/mol. The Balaban J connectivity index is 2.65. The molecule has 0 spiro atoms. The summed E-state index contributed by atoms with van der Waals surface area (Å²) in [7, 11) is 0. The molecule has 1 aromatic rings. The van der Waals surface area contributed by atoms with Crippen molar-refractivity contribution in [1.29, 1.82) is 0 Å². The molecule has 1 aromatic heterocycles. The molecule has 0 radical (unpaired) electrons. The molecular formula is C5H8F2N4. The van der Waals surface area contributed by atoms with Crippen molar-refractivity contribution in [3.63, 3.8) is 0 Å². The van der Waals surface area contributed by atoms with Crippen LogP contribution in [0.15, 0.2) is 6.20 Å². The van der Waals surface area contributed by atoms with Gasteiger partial charge in [0.1, 0.15) is 6.54 Å². The third-order valence-corrected chi connectivity index (χ3v) is 0.996. The Bertz CT molecular complexity index is 239. The summed E-state index contributed by atoms with van der Waals surface area (Å²) in [6.07, 6.45) is 1.26. The first kappa shape index (κ1) is 7.90. The Morgan fingerprint density at radius 2 is 2.36 bits per heavy atom. The van der Waals surface area contributed by atoms with E-state index in [1.54, 1.807) is 0 Å². The van der Waals surface area contributed by atoms with E-state index >= 15 is 0 Å². The van der Waals surface area contributed by atoms with E-state index in [2.05, 4.69) is 10.3 Å². The van der Waals surface area contributed by atoms with Gasteiger partial charge in [-0.1, -0.05) is 5.21 Å². The van der Waals surface area contributed by atoms with E-state index in [0.717, 1.165) is 11.6 Å². The van der Waals surface area contributed by atoms with Gasteiger partial charge in [-0.15, -0.1) is 5.10 Å². The second-order valence-electron chi connectivity index (χ2n) is 2.41. The molecule has 2 N–H and O–H groups in total. The molecule has 0 fully saturated rings. The van der Waals surface area contributed by atoms with Crippen LogP contribution < -0.4 is 5.73 Å². The van der Waals surface area contributed by atoms with Crippen molar-refractivity contribution in [1.82, 2.24) is 15.0 Å². The van der Waals surface area contributed by atoms with E-state index in [0.29, 0.717) is 0 Å². The largest absolute Gasteiger partial charge is 0.381 e. The summed E-state index contributed by atoms with van der Waals surface area (Å²) in [6.45, 7) is 0.321. The number of hydrogen-bond acceptors (Lipinski definition) is 3. The van der Waals surface area contributed by atoms with Crippen molar-refractivity contribution < 1.29 is 8.78 Å². The zero-order valence-electron chi connectivity index (χ0n) is 5.96. The Morgan fingerprint density at radius 1 is 1.73 bits per heavy atom. The average molecular weight is 162 g/mol. The van der Waals surface area contributed by atoms with Gasteiger partial charge < -0.3 is 5.73 Å². The van der Waals surface area contributed by atoms with Crippen molar-refractivity contribution in [2.75, 3.05) is 5.73 Å². The standard InChI is InChI=1S/C5H8F2N4/c1-5(6,7)3-11-2-4(8)9-10-11/h2H,3,8H2,1H3. The second-order valence-corrected chi connectivity index (χ2v) is 2.41. The molecule has 1 heterocycles. The maximum absolute atomic E-state index is 12.3. The first-order valence-corrected chi connectivity index (χ1v) is 3.01. The molecule has 0 saturated heterocycles. The number of aromatic nitrogens is 3. The molecule has 0 aromatic carbocycles. The summed E-state index contributed by atoms with van der Waals surface area (Å²) in [4.78, 5) is 0. The zero-order valence-corrected chi connectivity index (χ0v) is 5.96. The lowest BCUT2D eigenvalue weighted by Gasteiger charge is -2.07. The molecule has 0 amide bonds. The predicted octanol–water partition coefficient (Wildman–Crippen LogP) is 0.516. The molecule has 0 unspecified atom stereocenters. The summed E-state index contributed by atoms with van der Waals surface area (Å²) < 4.78 is 25.6. The topological polar surface area (TPSA) is 56.7 Å². The number of halogens is 2. The van der Waals surface area contributed by atoms with Gasteiger partial charge >= 0.3 is 0 Å². The molecule has 4 nitrogen and oxygen atoms in total. The van der Waals surface area contributed by atoms with Crippen molar-refractivity contribution in [3.8, 4) is 0 Å².